The Hall–Kier alpha value is -1.99. The number of carbonyl (C=O) groups is 1. The fraction of sp³-hybridized carbons (Fsp3) is 0.462. The van der Waals surface area contributed by atoms with E-state index in [1.54, 1.807) is 29.8 Å². The molecule has 2 aromatic rings. The zero-order valence-corrected chi connectivity index (χ0v) is 11.3. The molecule has 1 aliphatic rings. The van der Waals surface area contributed by atoms with Gasteiger partial charge < -0.3 is 15.7 Å². The van der Waals surface area contributed by atoms with E-state index in [1.165, 1.54) is 0 Å². The maximum Gasteiger partial charge on any atom is 0.270 e. The molecule has 1 aliphatic heterocycles. The maximum atomic E-state index is 12.3. The molecule has 3 rings (SSSR count). The molecule has 0 bridgehead atoms. The predicted octanol–water partition coefficient (Wildman–Crippen LogP) is -0.508. The first kappa shape index (κ1) is 13.0. The Bertz CT molecular complexity index is 645. The van der Waals surface area contributed by atoms with E-state index in [1.807, 2.05) is 0 Å². The summed E-state index contributed by atoms with van der Waals surface area (Å²) in [6.45, 7) is 3.27. The van der Waals surface area contributed by atoms with Gasteiger partial charge in [-0.1, -0.05) is 0 Å². The molecule has 3 N–H and O–H groups in total. The molecule has 1 fully saturated rings. The van der Waals surface area contributed by atoms with Crippen LogP contribution in [0.2, 0.25) is 0 Å². The van der Waals surface area contributed by atoms with Crippen molar-refractivity contribution in [2.24, 2.45) is 0 Å². The topological polar surface area (TPSA) is 91.6 Å². The van der Waals surface area contributed by atoms with Crippen LogP contribution in [-0.4, -0.2) is 50.6 Å². The summed E-state index contributed by atoms with van der Waals surface area (Å²) in [6, 6.07) is 1.75. The molecule has 20 heavy (non-hydrogen) atoms. The lowest BCUT2D eigenvalue weighted by Crippen LogP contribution is -2.44. The summed E-state index contributed by atoms with van der Waals surface area (Å²) in [4.78, 5) is 20.7. The van der Waals surface area contributed by atoms with Gasteiger partial charge in [-0.2, -0.15) is 0 Å². The largest absolute Gasteiger partial charge is 0.387 e. The summed E-state index contributed by atoms with van der Waals surface area (Å²) < 4.78 is 1.65. The summed E-state index contributed by atoms with van der Waals surface area (Å²) >= 11 is 0. The summed E-state index contributed by atoms with van der Waals surface area (Å²) in [5.74, 6) is 0.250. The van der Waals surface area contributed by atoms with E-state index < -0.39 is 5.60 Å². The summed E-state index contributed by atoms with van der Waals surface area (Å²) in [5, 5.41) is 16.1. The molecule has 3 heterocycles. The number of aliphatic hydroxyl groups is 1. The molecular weight excluding hydrogens is 258 g/mol. The number of amides is 1. The maximum absolute atomic E-state index is 12.3. The van der Waals surface area contributed by atoms with E-state index in [0.29, 0.717) is 30.1 Å². The van der Waals surface area contributed by atoms with E-state index in [4.69, 9.17) is 0 Å². The van der Waals surface area contributed by atoms with Crippen LogP contribution >= 0.6 is 0 Å². The highest BCUT2D eigenvalue weighted by molar-refractivity contribution is 5.94. The van der Waals surface area contributed by atoms with E-state index in [9.17, 15) is 9.90 Å². The number of fused-ring (bicyclic) bond motifs is 1. The van der Waals surface area contributed by atoms with Crippen LogP contribution in [0.1, 0.15) is 22.6 Å². The lowest BCUT2D eigenvalue weighted by Gasteiger charge is -2.21. The van der Waals surface area contributed by atoms with Gasteiger partial charge in [0.1, 0.15) is 5.69 Å². The van der Waals surface area contributed by atoms with Gasteiger partial charge in [-0.3, -0.25) is 9.20 Å². The first-order valence-electron chi connectivity index (χ1n) is 6.60. The Kier molecular flexibility index (Phi) is 3.15. The number of hydrogen-bond donors (Lipinski definition) is 3. The minimum absolute atomic E-state index is 0.228. The van der Waals surface area contributed by atoms with Gasteiger partial charge in [0.15, 0.2) is 0 Å². The van der Waals surface area contributed by atoms with Gasteiger partial charge in [0.2, 0.25) is 5.78 Å². The van der Waals surface area contributed by atoms with Crippen LogP contribution in [0.3, 0.4) is 0 Å². The minimum atomic E-state index is -0.859. The number of nitrogens with zero attached hydrogens (tertiary/aromatic N) is 3. The van der Waals surface area contributed by atoms with Crippen LogP contribution in [0.5, 0.6) is 0 Å². The van der Waals surface area contributed by atoms with Crippen molar-refractivity contribution in [1.29, 1.82) is 0 Å². The highest BCUT2D eigenvalue weighted by atomic mass is 16.3. The summed E-state index contributed by atoms with van der Waals surface area (Å²) in [7, 11) is 0. The number of carbonyl (C=O) groups excluding carboxylic acids is 1. The predicted molar refractivity (Wildman–Crippen MR) is 72.5 cm³/mol. The molecule has 0 saturated carbocycles. The van der Waals surface area contributed by atoms with Crippen LogP contribution in [0.25, 0.3) is 5.78 Å². The van der Waals surface area contributed by atoms with Crippen molar-refractivity contribution >= 4 is 11.7 Å². The van der Waals surface area contributed by atoms with Gasteiger partial charge in [0, 0.05) is 25.5 Å². The van der Waals surface area contributed by atoms with Crippen LogP contribution in [-0.2, 0) is 0 Å². The third kappa shape index (κ3) is 2.25. The van der Waals surface area contributed by atoms with Crippen LogP contribution in [0, 0.1) is 6.92 Å². The molecule has 1 atom stereocenters. The summed E-state index contributed by atoms with van der Waals surface area (Å²) in [6.07, 6.45) is 4.03. The first-order valence-corrected chi connectivity index (χ1v) is 6.60. The second kappa shape index (κ2) is 4.84. The van der Waals surface area contributed by atoms with Gasteiger partial charge in [-0.15, -0.1) is 0 Å². The molecule has 7 heteroatoms. The average molecular weight is 275 g/mol. The van der Waals surface area contributed by atoms with Crippen molar-refractivity contribution in [2.45, 2.75) is 18.9 Å². The molecular formula is C13H17N5O2. The molecule has 0 spiro atoms. The third-order valence-electron chi connectivity index (χ3n) is 3.59. The Morgan fingerprint density at radius 1 is 1.65 bits per heavy atom. The van der Waals surface area contributed by atoms with Crippen LogP contribution in [0.15, 0.2) is 18.5 Å². The van der Waals surface area contributed by atoms with Crippen molar-refractivity contribution in [3.8, 4) is 0 Å². The quantitative estimate of drug-likeness (QED) is 0.702. The molecule has 1 saturated heterocycles. The third-order valence-corrected chi connectivity index (χ3v) is 3.59. The smallest absolute Gasteiger partial charge is 0.270 e. The highest BCUT2D eigenvalue weighted by Gasteiger charge is 2.31. The molecule has 1 amide bonds. The SMILES string of the molecule is Cc1nc2ncccn2c1C(=O)NCC1(O)CCNC1. The number of hydrogen-bond acceptors (Lipinski definition) is 5. The second-order valence-corrected chi connectivity index (χ2v) is 5.17. The van der Waals surface area contributed by atoms with Gasteiger partial charge in [-0.25, -0.2) is 9.97 Å². The molecule has 7 nitrogen and oxygen atoms in total. The number of rotatable bonds is 3. The molecule has 0 aromatic carbocycles. The molecule has 106 valence electrons. The Morgan fingerprint density at radius 2 is 2.50 bits per heavy atom. The molecule has 2 aromatic heterocycles. The normalized spacial score (nSPS) is 22.3. The molecule has 0 aliphatic carbocycles. The van der Waals surface area contributed by atoms with Crippen molar-refractivity contribution in [3.63, 3.8) is 0 Å². The summed E-state index contributed by atoms with van der Waals surface area (Å²) in [5.41, 5.74) is 0.225. The molecule has 0 radical (unpaired) electrons. The standard InChI is InChI=1S/C13H17N5O2/c1-9-10(18-6-2-4-15-12(18)17-9)11(19)16-8-13(20)3-5-14-7-13/h2,4,6,14,20H,3,5,7-8H2,1H3,(H,16,19). The monoisotopic (exact) mass is 275 g/mol. The zero-order valence-electron chi connectivity index (χ0n) is 11.3. The molecule has 1 unspecified atom stereocenters. The van der Waals surface area contributed by atoms with E-state index >= 15 is 0 Å². The van der Waals surface area contributed by atoms with Crippen molar-refractivity contribution in [1.82, 2.24) is 25.0 Å². The lowest BCUT2D eigenvalue weighted by atomic mass is 10.0. The average Bonchev–Trinajstić information content (AvgIpc) is 2.99. The highest BCUT2D eigenvalue weighted by Crippen LogP contribution is 2.14. The van der Waals surface area contributed by atoms with Crippen molar-refractivity contribution in [3.05, 3.63) is 29.8 Å². The number of nitrogens with one attached hydrogen (secondary N) is 2. The van der Waals surface area contributed by atoms with Crippen molar-refractivity contribution in [2.75, 3.05) is 19.6 Å². The number of imidazole rings is 1. The minimum Gasteiger partial charge on any atom is -0.387 e. The van der Waals surface area contributed by atoms with Crippen LogP contribution < -0.4 is 10.6 Å². The second-order valence-electron chi connectivity index (χ2n) is 5.17. The van der Waals surface area contributed by atoms with E-state index in [-0.39, 0.29) is 12.5 Å². The van der Waals surface area contributed by atoms with Gasteiger partial charge >= 0.3 is 0 Å². The zero-order chi connectivity index (χ0) is 14.2. The van der Waals surface area contributed by atoms with Crippen LogP contribution in [0.4, 0.5) is 0 Å². The number of aromatic nitrogens is 3. The number of aryl methyl sites for hydroxylation is 1. The fourth-order valence-electron chi connectivity index (χ4n) is 2.48. The first-order chi connectivity index (χ1) is 9.59. The Morgan fingerprint density at radius 3 is 3.25 bits per heavy atom. The fourth-order valence-corrected chi connectivity index (χ4v) is 2.48. The van der Waals surface area contributed by atoms with Gasteiger partial charge in [0.05, 0.1) is 11.3 Å². The van der Waals surface area contributed by atoms with Gasteiger partial charge in [0.25, 0.3) is 5.91 Å². The number of β-amino-alcohol motifs (C(OH)–C–C–N with tert-alkyl or cyclic N) is 1. The van der Waals surface area contributed by atoms with E-state index in [0.717, 1.165) is 6.54 Å². The Labute approximate surface area is 116 Å². The van der Waals surface area contributed by atoms with E-state index in [2.05, 4.69) is 20.6 Å². The van der Waals surface area contributed by atoms with Crippen molar-refractivity contribution < 1.29 is 9.90 Å². The lowest BCUT2D eigenvalue weighted by molar-refractivity contribution is 0.0560. The Balaban J connectivity index is 1.80. The van der Waals surface area contributed by atoms with Gasteiger partial charge in [-0.05, 0) is 26.0 Å².